The maximum atomic E-state index is 14.4. The number of ether oxygens (including phenoxy) is 2. The Balaban J connectivity index is 1.26. The van der Waals surface area contributed by atoms with Gasteiger partial charge in [0.1, 0.15) is 18.1 Å². The van der Waals surface area contributed by atoms with Crippen molar-refractivity contribution in [3.05, 3.63) is 102 Å². The first-order valence-electron chi connectivity index (χ1n) is 12.4. The van der Waals surface area contributed by atoms with Crippen LogP contribution in [0.2, 0.25) is 0 Å². The Morgan fingerprint density at radius 2 is 1.78 bits per heavy atom. The number of halogens is 1. The van der Waals surface area contributed by atoms with Crippen LogP contribution in [0.15, 0.2) is 94.2 Å². The average Bonchev–Trinajstić information content (AvgIpc) is 3.61. The maximum Gasteiger partial charge on any atom is 0.412 e. The quantitative estimate of drug-likeness (QED) is 0.212. The highest BCUT2D eigenvalue weighted by Gasteiger charge is 2.25. The number of oxazole rings is 1. The summed E-state index contributed by atoms with van der Waals surface area (Å²) in [6.07, 6.45) is 0.0902. The molecule has 0 fully saturated rings. The molecule has 0 bridgehead atoms. The molecule has 2 N–H and O–H groups in total. The summed E-state index contributed by atoms with van der Waals surface area (Å²) in [4.78, 5) is 32.6. The van der Waals surface area contributed by atoms with Gasteiger partial charge in [-0.15, -0.1) is 0 Å². The molecular weight excluding hydrogens is 535 g/mol. The molecule has 0 saturated heterocycles. The first-order valence-corrected chi connectivity index (χ1v) is 12.4. The van der Waals surface area contributed by atoms with E-state index in [1.807, 2.05) is 48.5 Å². The lowest BCUT2D eigenvalue weighted by molar-refractivity contribution is -0.145. The number of aromatic nitrogens is 3. The second-order valence-corrected chi connectivity index (χ2v) is 8.82. The number of pyridine rings is 1. The van der Waals surface area contributed by atoms with E-state index in [0.717, 1.165) is 11.1 Å². The summed E-state index contributed by atoms with van der Waals surface area (Å²) >= 11 is 0. The van der Waals surface area contributed by atoms with E-state index in [-0.39, 0.29) is 35.3 Å². The highest BCUT2D eigenvalue weighted by atomic mass is 19.1. The Morgan fingerprint density at radius 1 is 1.05 bits per heavy atom. The fourth-order valence-corrected chi connectivity index (χ4v) is 3.88. The third-order valence-corrected chi connectivity index (χ3v) is 5.95. The van der Waals surface area contributed by atoms with Crippen molar-refractivity contribution in [2.75, 3.05) is 5.32 Å². The van der Waals surface area contributed by atoms with Gasteiger partial charge >= 0.3 is 12.1 Å². The molecule has 5 aromatic rings. The number of hydrogen-bond donors (Lipinski definition) is 2. The molecule has 0 aliphatic carbocycles. The lowest BCUT2D eigenvalue weighted by Crippen LogP contribution is -2.29. The van der Waals surface area contributed by atoms with Gasteiger partial charge in [0.2, 0.25) is 23.6 Å². The fourth-order valence-electron chi connectivity index (χ4n) is 3.88. The monoisotopic (exact) mass is 558 g/mol. The predicted molar refractivity (Wildman–Crippen MR) is 142 cm³/mol. The smallest absolute Gasteiger partial charge is 0.412 e. The summed E-state index contributed by atoms with van der Waals surface area (Å²) in [6.45, 7) is 1.68. The normalized spacial score (nSPS) is 12.3. The largest absolute Gasteiger partial charge is 0.478 e. The van der Waals surface area contributed by atoms with Gasteiger partial charge < -0.3 is 23.5 Å². The van der Waals surface area contributed by atoms with Crippen molar-refractivity contribution in [1.82, 2.24) is 15.1 Å². The molecule has 2 atom stereocenters. The molecular formula is C29H23FN4O7. The van der Waals surface area contributed by atoms with Crippen molar-refractivity contribution in [2.24, 2.45) is 0 Å². The summed E-state index contributed by atoms with van der Waals surface area (Å²) in [5.74, 6) is -2.18. The summed E-state index contributed by atoms with van der Waals surface area (Å²) < 4.78 is 35.8. The number of carbonyl (C=O) groups excluding carboxylic acids is 1. The van der Waals surface area contributed by atoms with Crippen molar-refractivity contribution in [1.29, 1.82) is 0 Å². The van der Waals surface area contributed by atoms with Crippen LogP contribution in [0.5, 0.6) is 5.88 Å². The molecule has 2 aromatic carbocycles. The van der Waals surface area contributed by atoms with Crippen LogP contribution in [0.1, 0.15) is 24.2 Å². The van der Waals surface area contributed by atoms with E-state index < -0.39 is 30.2 Å². The Labute approximate surface area is 232 Å². The van der Waals surface area contributed by atoms with Crippen molar-refractivity contribution >= 4 is 17.7 Å². The molecule has 5 rings (SSSR count). The zero-order valence-electron chi connectivity index (χ0n) is 21.6. The molecule has 0 aliphatic rings. The second-order valence-electron chi connectivity index (χ2n) is 8.82. The topological polar surface area (TPSA) is 150 Å². The van der Waals surface area contributed by atoms with Gasteiger partial charge in [-0.05, 0) is 29.3 Å². The Bertz CT molecular complexity index is 1620. The molecule has 11 nitrogen and oxygen atoms in total. The third kappa shape index (κ3) is 6.56. The fraction of sp³-hybridized carbons (Fsp3) is 0.138. The van der Waals surface area contributed by atoms with E-state index in [4.69, 9.17) is 18.4 Å². The highest BCUT2D eigenvalue weighted by molar-refractivity contribution is 5.89. The number of amides is 1. The van der Waals surface area contributed by atoms with Crippen molar-refractivity contribution in [2.45, 2.75) is 25.6 Å². The second kappa shape index (κ2) is 12.1. The van der Waals surface area contributed by atoms with E-state index in [9.17, 15) is 19.1 Å². The molecule has 0 spiro atoms. The van der Waals surface area contributed by atoms with E-state index in [0.29, 0.717) is 5.56 Å². The predicted octanol–water partition coefficient (Wildman–Crippen LogP) is 5.92. The number of nitrogens with zero attached hydrogens (tertiary/aromatic N) is 3. The van der Waals surface area contributed by atoms with Gasteiger partial charge in [0.15, 0.2) is 5.69 Å². The Kier molecular flexibility index (Phi) is 8.00. The number of aliphatic carboxylic acids is 1. The Morgan fingerprint density at radius 3 is 2.46 bits per heavy atom. The minimum absolute atomic E-state index is 0.0527. The van der Waals surface area contributed by atoms with E-state index >= 15 is 0 Å². The summed E-state index contributed by atoms with van der Waals surface area (Å²) in [5, 5.41) is 15.1. The molecule has 208 valence electrons. The Hall–Kier alpha value is -5.52. The number of hydrogen-bond acceptors (Lipinski definition) is 9. The number of benzene rings is 2. The van der Waals surface area contributed by atoms with Gasteiger partial charge in [-0.25, -0.2) is 19.6 Å². The van der Waals surface area contributed by atoms with E-state index in [1.54, 1.807) is 25.1 Å². The van der Waals surface area contributed by atoms with Crippen LogP contribution in [0.3, 0.4) is 0 Å². The molecule has 12 heteroatoms. The van der Waals surface area contributed by atoms with Crippen molar-refractivity contribution in [3.63, 3.8) is 0 Å². The van der Waals surface area contributed by atoms with Gasteiger partial charge in [0.25, 0.3) is 5.95 Å². The van der Waals surface area contributed by atoms with Crippen LogP contribution in [-0.2, 0) is 16.0 Å². The number of rotatable bonds is 10. The minimum atomic E-state index is -1.14. The molecule has 1 amide bonds. The van der Waals surface area contributed by atoms with Crippen molar-refractivity contribution < 1.29 is 37.5 Å². The third-order valence-electron chi connectivity index (χ3n) is 5.95. The summed E-state index contributed by atoms with van der Waals surface area (Å²) in [7, 11) is 0. The lowest BCUT2D eigenvalue weighted by atomic mass is 10.1. The first-order chi connectivity index (χ1) is 19.9. The number of carboxylic acids is 1. The maximum absolute atomic E-state index is 14.4. The van der Waals surface area contributed by atoms with Gasteiger partial charge in [-0.1, -0.05) is 60.7 Å². The zero-order chi connectivity index (χ0) is 28.8. The SMILES string of the molecule is CC(OC(=O)Nc1c(F)noc1-c1coc(-c2ccc(OC(Cc3ccccc3)C(=O)O)nc2)n1)c1ccccc1. The first kappa shape index (κ1) is 27.1. The molecule has 0 radical (unpaired) electrons. The highest BCUT2D eigenvalue weighted by Crippen LogP contribution is 2.32. The molecule has 3 aromatic heterocycles. The lowest BCUT2D eigenvalue weighted by Gasteiger charge is -2.14. The number of carboxylic acid groups (broad SMARTS) is 1. The summed E-state index contributed by atoms with van der Waals surface area (Å²) in [6, 6.07) is 21.2. The standard InChI is InChI=1S/C29H23FN4O7/c1-17(19-10-6-3-7-11-19)39-29(37)33-24-25(41-34-26(24)30)21-16-38-27(32-21)20-12-13-23(31-15-20)40-22(28(35)36)14-18-8-4-2-5-9-18/h2-13,15-17,22H,14H2,1H3,(H,33,37)(H,35,36). The molecule has 0 aliphatic heterocycles. The molecule has 2 unspecified atom stereocenters. The number of carbonyl (C=O) groups is 2. The molecule has 3 heterocycles. The number of nitrogens with one attached hydrogen (secondary N) is 1. The van der Waals surface area contributed by atoms with E-state index in [2.05, 4.69) is 20.4 Å². The van der Waals surface area contributed by atoms with Crippen LogP contribution < -0.4 is 10.1 Å². The zero-order valence-corrected chi connectivity index (χ0v) is 21.6. The van der Waals surface area contributed by atoms with Crippen LogP contribution in [-0.4, -0.2) is 38.4 Å². The summed E-state index contributed by atoms with van der Waals surface area (Å²) in [5.41, 5.74) is 1.67. The van der Waals surface area contributed by atoms with Gasteiger partial charge in [0, 0.05) is 18.7 Å². The van der Waals surface area contributed by atoms with Gasteiger partial charge in [0.05, 0.1) is 5.56 Å². The average molecular weight is 559 g/mol. The molecule has 0 saturated carbocycles. The number of anilines is 1. The van der Waals surface area contributed by atoms with Crippen LogP contribution in [0.4, 0.5) is 14.9 Å². The van der Waals surface area contributed by atoms with Gasteiger partial charge in [-0.3, -0.25) is 5.32 Å². The molecule has 41 heavy (non-hydrogen) atoms. The van der Waals surface area contributed by atoms with Crippen LogP contribution >= 0.6 is 0 Å². The van der Waals surface area contributed by atoms with E-state index in [1.165, 1.54) is 18.5 Å². The van der Waals surface area contributed by atoms with Crippen LogP contribution in [0.25, 0.3) is 22.9 Å². The minimum Gasteiger partial charge on any atom is -0.478 e. The van der Waals surface area contributed by atoms with Crippen molar-refractivity contribution in [3.8, 4) is 28.8 Å². The van der Waals surface area contributed by atoms with Crippen LogP contribution in [0, 0.1) is 5.95 Å². The van der Waals surface area contributed by atoms with Gasteiger partial charge in [-0.2, -0.15) is 4.39 Å².